The largest absolute Gasteiger partial charge is 0.490 e. The molecular weight excluding hydrogens is 688 g/mol. The van der Waals surface area contributed by atoms with Gasteiger partial charge in [-0.05, 0) is 91.6 Å². The van der Waals surface area contributed by atoms with Crippen LogP contribution in [0, 0.1) is 9.49 Å². The van der Waals surface area contributed by atoms with Crippen molar-refractivity contribution in [2.24, 2.45) is 11.0 Å². The molecule has 0 saturated carbocycles. The summed E-state index contributed by atoms with van der Waals surface area (Å²) in [5.41, 5.74) is 3.11. The van der Waals surface area contributed by atoms with Crippen molar-refractivity contribution >= 4 is 69.8 Å². The number of rotatable bonds is 15. The maximum Gasteiger partial charge on any atom is 0.344 e. The average Bonchev–Trinajstić information content (AvgIpc) is 2.89. The zero-order chi connectivity index (χ0) is 30.5. The molecule has 0 spiro atoms. The van der Waals surface area contributed by atoms with Crippen LogP contribution in [-0.4, -0.2) is 56.0 Å². The van der Waals surface area contributed by atoms with Gasteiger partial charge in [-0.2, -0.15) is 5.10 Å². The van der Waals surface area contributed by atoms with E-state index in [-0.39, 0.29) is 24.2 Å². The van der Waals surface area contributed by atoms with Crippen LogP contribution in [0.2, 0.25) is 10.0 Å². The second-order valence-corrected chi connectivity index (χ2v) is 11.1. The van der Waals surface area contributed by atoms with Crippen LogP contribution < -0.4 is 25.0 Å². The highest BCUT2D eigenvalue weighted by Gasteiger charge is 2.25. The number of carbonyl (C=O) groups excluding carboxylic acids is 3. The van der Waals surface area contributed by atoms with Gasteiger partial charge in [0.25, 0.3) is 11.8 Å². The third kappa shape index (κ3) is 11.6. The van der Waals surface area contributed by atoms with Crippen LogP contribution >= 0.6 is 45.8 Å². The first-order chi connectivity index (χ1) is 19.4. The van der Waals surface area contributed by atoms with E-state index in [1.165, 1.54) is 12.3 Å². The number of halogens is 3. The van der Waals surface area contributed by atoms with Crippen molar-refractivity contribution in [1.82, 2.24) is 10.7 Å². The molecule has 2 aromatic carbocycles. The van der Waals surface area contributed by atoms with Crippen LogP contribution in [0.15, 0.2) is 35.4 Å². The van der Waals surface area contributed by atoms with E-state index in [4.69, 9.17) is 42.1 Å². The molecule has 0 aliphatic carbocycles. The van der Waals surface area contributed by atoms with E-state index >= 15 is 0 Å². The smallest absolute Gasteiger partial charge is 0.344 e. The summed E-state index contributed by atoms with van der Waals surface area (Å²) in [6, 6.07) is 7.26. The molecular formula is C28H34Cl2IN3O7. The van der Waals surface area contributed by atoms with Crippen LogP contribution in [-0.2, 0) is 19.1 Å². The Kier molecular flexibility index (Phi) is 14.5. The molecule has 2 aromatic rings. The molecule has 41 heavy (non-hydrogen) atoms. The summed E-state index contributed by atoms with van der Waals surface area (Å²) in [6.07, 6.45) is 0.893. The molecule has 2 N–H and O–H groups in total. The van der Waals surface area contributed by atoms with Crippen molar-refractivity contribution in [1.29, 1.82) is 0 Å². The molecule has 0 unspecified atom stereocenters. The van der Waals surface area contributed by atoms with Gasteiger partial charge in [-0.15, -0.1) is 0 Å². The van der Waals surface area contributed by atoms with Gasteiger partial charge in [-0.1, -0.05) is 37.0 Å². The number of hydrazone groups is 1. The number of hydrogen-bond acceptors (Lipinski definition) is 8. The summed E-state index contributed by atoms with van der Waals surface area (Å²) < 4.78 is 22.5. The summed E-state index contributed by atoms with van der Waals surface area (Å²) in [5, 5.41) is 7.50. The Hall–Kier alpha value is -2.77. The SMILES string of the molecule is CCOC(=O)COc1c(I)cc(/C=N\NC(=O)[C@@H](CC(C)C)NC(=O)[C@H](C)Oc2ccc(Cl)cc2Cl)cc1OCC. The molecule has 0 aliphatic rings. The Morgan fingerprint density at radius 3 is 2.37 bits per heavy atom. The van der Waals surface area contributed by atoms with Gasteiger partial charge in [-0.25, -0.2) is 10.2 Å². The van der Waals surface area contributed by atoms with Gasteiger partial charge in [-0.3, -0.25) is 9.59 Å². The molecule has 0 fully saturated rings. The van der Waals surface area contributed by atoms with E-state index in [1.807, 2.05) is 20.8 Å². The highest BCUT2D eigenvalue weighted by atomic mass is 127. The second-order valence-electron chi connectivity index (χ2n) is 9.12. The zero-order valence-electron chi connectivity index (χ0n) is 23.5. The summed E-state index contributed by atoms with van der Waals surface area (Å²) in [4.78, 5) is 37.5. The number of hydrogen-bond donors (Lipinski definition) is 2. The van der Waals surface area contributed by atoms with Gasteiger partial charge in [0.1, 0.15) is 11.8 Å². The molecule has 2 rings (SSSR count). The quantitative estimate of drug-likeness (QED) is 0.109. The minimum absolute atomic E-state index is 0.106. The molecule has 10 nitrogen and oxygen atoms in total. The van der Waals surface area contributed by atoms with Crippen molar-refractivity contribution in [2.75, 3.05) is 19.8 Å². The van der Waals surface area contributed by atoms with Crippen LogP contribution in [0.4, 0.5) is 0 Å². The van der Waals surface area contributed by atoms with Crippen molar-refractivity contribution < 1.29 is 33.3 Å². The predicted octanol–water partition coefficient (Wildman–Crippen LogP) is 5.39. The maximum atomic E-state index is 13.0. The first-order valence-corrected chi connectivity index (χ1v) is 14.8. The number of benzene rings is 2. The van der Waals surface area contributed by atoms with Gasteiger partial charge in [0.2, 0.25) is 0 Å². The lowest BCUT2D eigenvalue weighted by atomic mass is 10.0. The molecule has 0 bridgehead atoms. The molecule has 0 saturated heterocycles. The fraction of sp³-hybridized carbons (Fsp3) is 0.429. The average molecular weight is 722 g/mol. The molecule has 0 heterocycles. The lowest BCUT2D eigenvalue weighted by Crippen LogP contribution is -2.49. The molecule has 2 atom stereocenters. The lowest BCUT2D eigenvalue weighted by molar-refractivity contribution is -0.145. The van der Waals surface area contributed by atoms with E-state index < -0.39 is 29.9 Å². The number of amides is 2. The number of carbonyl (C=O) groups is 3. The number of esters is 1. The third-order valence-electron chi connectivity index (χ3n) is 5.27. The topological polar surface area (TPSA) is 125 Å². The van der Waals surface area contributed by atoms with Crippen molar-refractivity contribution in [2.45, 2.75) is 53.2 Å². The predicted molar refractivity (Wildman–Crippen MR) is 166 cm³/mol. The highest BCUT2D eigenvalue weighted by molar-refractivity contribution is 14.1. The van der Waals surface area contributed by atoms with Crippen LogP contribution in [0.1, 0.15) is 46.6 Å². The normalized spacial score (nSPS) is 12.5. The minimum Gasteiger partial charge on any atom is -0.490 e. The van der Waals surface area contributed by atoms with Gasteiger partial charge in [0.15, 0.2) is 24.2 Å². The fourth-order valence-corrected chi connectivity index (χ4v) is 4.69. The van der Waals surface area contributed by atoms with Gasteiger partial charge >= 0.3 is 5.97 Å². The molecule has 0 aliphatic heterocycles. The number of nitrogens with one attached hydrogen (secondary N) is 2. The third-order valence-corrected chi connectivity index (χ3v) is 6.60. The summed E-state index contributed by atoms with van der Waals surface area (Å²) in [5.74, 6) is -0.254. The van der Waals surface area contributed by atoms with Crippen molar-refractivity contribution in [3.8, 4) is 17.2 Å². The standard InChI is InChI=1S/C28H34Cl2IN3O7/c1-6-38-24-12-18(11-21(31)26(24)40-15-25(35)39-7-2)14-32-34-28(37)22(10-16(3)4)33-27(36)17(5)41-23-9-8-19(29)13-20(23)30/h8-9,11-14,16-17,22H,6-7,10,15H2,1-5H3,(H,33,36)(H,34,37)/b32-14-/t17-,22+/m0/s1. The zero-order valence-corrected chi connectivity index (χ0v) is 27.1. The Bertz CT molecular complexity index is 1240. The summed E-state index contributed by atoms with van der Waals surface area (Å²) in [7, 11) is 0. The molecule has 224 valence electrons. The highest BCUT2D eigenvalue weighted by Crippen LogP contribution is 2.34. The molecule has 13 heteroatoms. The lowest BCUT2D eigenvalue weighted by Gasteiger charge is -2.22. The van der Waals surface area contributed by atoms with E-state index in [9.17, 15) is 14.4 Å². The van der Waals surface area contributed by atoms with E-state index in [0.717, 1.165) is 0 Å². The number of ether oxygens (including phenoxy) is 4. The van der Waals surface area contributed by atoms with Crippen molar-refractivity contribution in [3.63, 3.8) is 0 Å². The second kappa shape index (κ2) is 17.2. The summed E-state index contributed by atoms with van der Waals surface area (Å²) in [6.45, 7) is 9.33. The van der Waals surface area contributed by atoms with Gasteiger partial charge in [0.05, 0.1) is 28.0 Å². The van der Waals surface area contributed by atoms with Gasteiger partial charge in [0, 0.05) is 5.02 Å². The van der Waals surface area contributed by atoms with E-state index in [0.29, 0.717) is 44.4 Å². The maximum absolute atomic E-state index is 13.0. The Labute approximate surface area is 263 Å². The minimum atomic E-state index is -0.928. The first-order valence-electron chi connectivity index (χ1n) is 12.9. The molecule has 0 radical (unpaired) electrons. The first kappa shape index (κ1) is 34.4. The van der Waals surface area contributed by atoms with Crippen molar-refractivity contribution in [3.05, 3.63) is 49.5 Å². The Balaban J connectivity index is 2.09. The monoisotopic (exact) mass is 721 g/mol. The molecule has 2 amide bonds. The van der Waals surface area contributed by atoms with Crippen LogP contribution in [0.25, 0.3) is 0 Å². The van der Waals surface area contributed by atoms with E-state index in [2.05, 4.69) is 38.4 Å². The fourth-order valence-electron chi connectivity index (χ4n) is 3.45. The van der Waals surface area contributed by atoms with Crippen LogP contribution in [0.3, 0.4) is 0 Å². The number of nitrogens with zero attached hydrogens (tertiary/aromatic N) is 1. The Morgan fingerprint density at radius 2 is 1.73 bits per heavy atom. The Morgan fingerprint density at radius 1 is 1.00 bits per heavy atom. The van der Waals surface area contributed by atoms with E-state index in [1.54, 1.807) is 38.1 Å². The molecule has 0 aromatic heterocycles. The van der Waals surface area contributed by atoms with Gasteiger partial charge < -0.3 is 24.3 Å². The summed E-state index contributed by atoms with van der Waals surface area (Å²) >= 11 is 14.1. The van der Waals surface area contributed by atoms with Crippen LogP contribution in [0.5, 0.6) is 17.2 Å².